The largest absolute Gasteiger partial charge is 0.486 e. The molecular formula is C22H31NO3. The van der Waals surface area contributed by atoms with Crippen LogP contribution in [0.5, 0.6) is 11.5 Å². The summed E-state index contributed by atoms with van der Waals surface area (Å²) in [6.45, 7) is 9.43. The number of hydrogen-bond acceptors (Lipinski definition) is 4. The zero-order valence-electron chi connectivity index (χ0n) is 16.6. The fourth-order valence-electron chi connectivity index (χ4n) is 2.54. The highest BCUT2D eigenvalue weighted by atomic mass is 16.6. The van der Waals surface area contributed by atoms with Crippen LogP contribution in [-0.4, -0.2) is 26.5 Å². The number of aryl methyl sites for hydroxylation is 3. The standard InChI is InChI=1S/C11H15NO.C9H10O2.C2H6/c1-9-5-6-11(12-2)10(8-9)4-3-7-13;1-7-2-3-8-9(6-7)11-5-4-10-8;1-2/h5-8,12H,3-4H2,1-2H3;2-3,6H,4-5H2,1H3;1-2H3. The van der Waals surface area contributed by atoms with Crippen LogP contribution < -0.4 is 14.8 Å². The van der Waals surface area contributed by atoms with Crippen molar-refractivity contribution >= 4 is 12.0 Å². The number of carbonyl (C=O) groups excluding carboxylic acids is 1. The fraction of sp³-hybridized carbons (Fsp3) is 0.409. The molecule has 26 heavy (non-hydrogen) atoms. The molecule has 4 heteroatoms. The molecule has 0 amide bonds. The second-order valence-electron chi connectivity index (χ2n) is 5.76. The highest BCUT2D eigenvalue weighted by Crippen LogP contribution is 2.30. The molecule has 0 saturated carbocycles. The Morgan fingerprint density at radius 2 is 1.58 bits per heavy atom. The van der Waals surface area contributed by atoms with Crippen molar-refractivity contribution in [3.63, 3.8) is 0 Å². The van der Waals surface area contributed by atoms with Gasteiger partial charge in [-0.2, -0.15) is 0 Å². The molecule has 0 saturated heterocycles. The SMILES string of the molecule is CC.CNc1ccc(C)cc1CCC=O.Cc1ccc2c(c1)OCCO2. The maximum Gasteiger partial charge on any atom is 0.161 e. The summed E-state index contributed by atoms with van der Waals surface area (Å²) >= 11 is 0. The van der Waals surface area contributed by atoms with E-state index in [0.717, 1.165) is 29.9 Å². The molecule has 0 fully saturated rings. The van der Waals surface area contributed by atoms with Crippen molar-refractivity contribution < 1.29 is 14.3 Å². The van der Waals surface area contributed by atoms with Gasteiger partial charge in [0.15, 0.2) is 11.5 Å². The minimum absolute atomic E-state index is 0.595. The smallest absolute Gasteiger partial charge is 0.161 e. The van der Waals surface area contributed by atoms with E-state index in [0.29, 0.717) is 19.6 Å². The molecule has 1 N–H and O–H groups in total. The van der Waals surface area contributed by atoms with Gasteiger partial charge in [0.1, 0.15) is 19.5 Å². The maximum atomic E-state index is 10.2. The van der Waals surface area contributed by atoms with E-state index in [9.17, 15) is 4.79 Å². The van der Waals surface area contributed by atoms with Gasteiger partial charge in [-0.05, 0) is 49.6 Å². The second kappa shape index (κ2) is 12.0. The fourth-order valence-corrected chi connectivity index (χ4v) is 2.54. The lowest BCUT2D eigenvalue weighted by atomic mass is 10.1. The first-order valence-electron chi connectivity index (χ1n) is 9.21. The van der Waals surface area contributed by atoms with E-state index < -0.39 is 0 Å². The highest BCUT2D eigenvalue weighted by Gasteiger charge is 2.09. The number of carbonyl (C=O) groups is 1. The topological polar surface area (TPSA) is 47.6 Å². The minimum Gasteiger partial charge on any atom is -0.486 e. The maximum absolute atomic E-state index is 10.2. The Hall–Kier alpha value is -2.49. The third-order valence-electron chi connectivity index (χ3n) is 3.76. The van der Waals surface area contributed by atoms with Crippen molar-refractivity contribution in [2.75, 3.05) is 25.6 Å². The van der Waals surface area contributed by atoms with Gasteiger partial charge in [-0.25, -0.2) is 0 Å². The highest BCUT2D eigenvalue weighted by molar-refractivity contribution is 5.56. The number of ether oxygens (including phenoxy) is 2. The van der Waals surface area contributed by atoms with E-state index in [2.05, 4.69) is 30.4 Å². The van der Waals surface area contributed by atoms with E-state index in [4.69, 9.17) is 9.47 Å². The third kappa shape index (κ3) is 6.79. The number of anilines is 1. The zero-order chi connectivity index (χ0) is 19.4. The molecule has 0 atom stereocenters. The third-order valence-corrected chi connectivity index (χ3v) is 3.76. The summed E-state index contributed by atoms with van der Waals surface area (Å²) in [4.78, 5) is 10.2. The van der Waals surface area contributed by atoms with Crippen LogP contribution in [0.3, 0.4) is 0 Å². The van der Waals surface area contributed by atoms with Gasteiger partial charge in [0.2, 0.25) is 0 Å². The molecule has 3 rings (SSSR count). The van der Waals surface area contributed by atoms with Gasteiger partial charge in [-0.15, -0.1) is 0 Å². The summed E-state index contributed by atoms with van der Waals surface area (Å²) in [5.74, 6) is 1.73. The Morgan fingerprint density at radius 1 is 0.962 bits per heavy atom. The van der Waals surface area contributed by atoms with E-state index in [1.165, 1.54) is 16.7 Å². The molecule has 0 radical (unpaired) electrons. The molecule has 142 valence electrons. The minimum atomic E-state index is 0.595. The lowest BCUT2D eigenvalue weighted by molar-refractivity contribution is -0.107. The Balaban J connectivity index is 0.000000239. The number of nitrogens with one attached hydrogen (secondary N) is 1. The normalized spacial score (nSPS) is 11.3. The van der Waals surface area contributed by atoms with Gasteiger partial charge in [-0.3, -0.25) is 0 Å². The van der Waals surface area contributed by atoms with Gasteiger partial charge >= 0.3 is 0 Å². The van der Waals surface area contributed by atoms with Crippen LogP contribution in [0.1, 0.15) is 37.0 Å². The molecule has 4 nitrogen and oxygen atoms in total. The predicted molar refractivity (Wildman–Crippen MR) is 109 cm³/mol. The molecule has 0 bridgehead atoms. The average Bonchev–Trinajstić information content (AvgIpc) is 2.68. The van der Waals surface area contributed by atoms with Gasteiger partial charge in [0.25, 0.3) is 0 Å². The lowest BCUT2D eigenvalue weighted by Crippen LogP contribution is -2.15. The van der Waals surface area contributed by atoms with E-state index in [-0.39, 0.29) is 0 Å². The van der Waals surface area contributed by atoms with E-state index in [1.54, 1.807) is 0 Å². The van der Waals surface area contributed by atoms with E-state index in [1.807, 2.05) is 46.0 Å². The summed E-state index contributed by atoms with van der Waals surface area (Å²) in [6, 6.07) is 12.2. The van der Waals surface area contributed by atoms with Gasteiger partial charge in [-0.1, -0.05) is 37.6 Å². The van der Waals surface area contributed by atoms with E-state index >= 15 is 0 Å². The van der Waals surface area contributed by atoms with Crippen molar-refractivity contribution in [2.24, 2.45) is 0 Å². The Bertz CT molecular complexity index is 683. The monoisotopic (exact) mass is 357 g/mol. The second-order valence-corrected chi connectivity index (χ2v) is 5.76. The Labute approximate surface area is 157 Å². The van der Waals surface area contributed by atoms with Crippen molar-refractivity contribution in [3.8, 4) is 11.5 Å². The first-order chi connectivity index (χ1) is 12.6. The lowest BCUT2D eigenvalue weighted by Gasteiger charge is -2.18. The number of aldehydes is 1. The summed E-state index contributed by atoms with van der Waals surface area (Å²) in [7, 11) is 1.90. The molecule has 1 heterocycles. The summed E-state index contributed by atoms with van der Waals surface area (Å²) < 4.78 is 10.7. The van der Waals surface area contributed by atoms with Crippen LogP contribution in [0.25, 0.3) is 0 Å². The Kier molecular flexibility index (Phi) is 9.91. The summed E-state index contributed by atoms with van der Waals surface area (Å²) in [5, 5.41) is 3.12. The molecule has 0 aliphatic carbocycles. The predicted octanol–water partition coefficient (Wildman–Crippen LogP) is 4.96. The first-order valence-corrected chi connectivity index (χ1v) is 9.21. The van der Waals surface area contributed by atoms with Crippen LogP contribution in [0, 0.1) is 13.8 Å². The molecule has 2 aromatic carbocycles. The van der Waals surface area contributed by atoms with Crippen molar-refractivity contribution in [1.29, 1.82) is 0 Å². The molecular weight excluding hydrogens is 326 g/mol. The van der Waals surface area contributed by atoms with Crippen LogP contribution in [0.15, 0.2) is 36.4 Å². The molecule has 0 aromatic heterocycles. The van der Waals surface area contributed by atoms with Crippen molar-refractivity contribution in [1.82, 2.24) is 0 Å². The molecule has 1 aliphatic heterocycles. The van der Waals surface area contributed by atoms with Gasteiger partial charge in [0, 0.05) is 19.2 Å². The summed E-state index contributed by atoms with van der Waals surface area (Å²) in [6.07, 6.45) is 2.38. The number of benzene rings is 2. The molecule has 2 aromatic rings. The molecule has 1 aliphatic rings. The van der Waals surface area contributed by atoms with Gasteiger partial charge in [0.05, 0.1) is 0 Å². The number of hydrogen-bond donors (Lipinski definition) is 1. The van der Waals surface area contributed by atoms with Crippen LogP contribution in [-0.2, 0) is 11.2 Å². The summed E-state index contributed by atoms with van der Waals surface area (Å²) in [5.41, 5.74) is 4.77. The van der Waals surface area contributed by atoms with Crippen LogP contribution in [0.2, 0.25) is 0 Å². The van der Waals surface area contributed by atoms with Gasteiger partial charge < -0.3 is 19.6 Å². The first kappa shape index (κ1) is 21.6. The van der Waals surface area contributed by atoms with Crippen molar-refractivity contribution in [2.45, 2.75) is 40.5 Å². The van der Waals surface area contributed by atoms with Crippen LogP contribution >= 0.6 is 0 Å². The zero-order valence-corrected chi connectivity index (χ0v) is 16.6. The number of rotatable bonds is 4. The Morgan fingerprint density at radius 3 is 2.23 bits per heavy atom. The van der Waals surface area contributed by atoms with Crippen molar-refractivity contribution in [3.05, 3.63) is 53.1 Å². The average molecular weight is 357 g/mol. The molecule has 0 spiro atoms. The number of fused-ring (bicyclic) bond motifs is 1. The molecule has 0 unspecified atom stereocenters. The quantitative estimate of drug-likeness (QED) is 0.786. The van der Waals surface area contributed by atoms with Crippen LogP contribution in [0.4, 0.5) is 5.69 Å².